The molecule has 0 unspecified atom stereocenters. The molecule has 0 amide bonds. The van der Waals surface area contributed by atoms with E-state index in [0.717, 1.165) is 11.8 Å². The minimum absolute atomic E-state index is 1.09. The van der Waals surface area contributed by atoms with E-state index in [4.69, 9.17) is 5.26 Å². The second-order valence-electron chi connectivity index (χ2n) is 0.773. The molecule has 36 valence electrons. The Morgan fingerprint density at radius 3 is 2.86 bits per heavy atom. The average molecular weight is 111 g/mol. The van der Waals surface area contributed by atoms with Crippen LogP contribution in [-0.2, 0) is 0 Å². The Hall–Kier alpha value is -0.680. The van der Waals surface area contributed by atoms with Gasteiger partial charge in [0.15, 0.2) is 0 Å². The van der Waals surface area contributed by atoms with Crippen LogP contribution in [-0.4, -0.2) is 0 Å². The Balaban J connectivity index is 3.13. The first-order chi connectivity index (χ1) is 3.41. The predicted molar refractivity (Wildman–Crippen MR) is 32.5 cm³/mol. The van der Waals surface area contributed by atoms with Gasteiger partial charge in [-0.15, -0.1) is 0 Å². The SMILES string of the molecule is C=C/C=C/SC#N. The first-order valence-electron chi connectivity index (χ1n) is 1.74. The lowest BCUT2D eigenvalue weighted by atomic mass is 10.6. The molecule has 0 N–H and O–H groups in total. The largest absolute Gasteiger partial charge is 0.185 e. The smallest absolute Gasteiger partial charge is 0.137 e. The Morgan fingerprint density at radius 2 is 2.43 bits per heavy atom. The van der Waals surface area contributed by atoms with Crippen molar-refractivity contribution in [1.82, 2.24) is 0 Å². The van der Waals surface area contributed by atoms with E-state index in [1.807, 2.05) is 5.40 Å². The van der Waals surface area contributed by atoms with E-state index < -0.39 is 0 Å². The number of thiocyanates is 1. The summed E-state index contributed by atoms with van der Waals surface area (Å²) in [7, 11) is 0. The van der Waals surface area contributed by atoms with Gasteiger partial charge in [-0.05, 0) is 17.2 Å². The monoisotopic (exact) mass is 111 g/mol. The molecule has 2 heteroatoms. The molecule has 0 radical (unpaired) electrons. The summed E-state index contributed by atoms with van der Waals surface area (Å²) in [5.41, 5.74) is 0. The van der Waals surface area contributed by atoms with Crippen molar-refractivity contribution >= 4 is 11.8 Å². The molecule has 0 aromatic rings. The highest BCUT2D eigenvalue weighted by atomic mass is 32.2. The zero-order valence-electron chi connectivity index (χ0n) is 3.79. The highest BCUT2D eigenvalue weighted by Gasteiger charge is 1.63. The number of hydrogen-bond acceptors (Lipinski definition) is 2. The molecular weight excluding hydrogens is 106 g/mol. The third kappa shape index (κ3) is 5.32. The van der Waals surface area contributed by atoms with E-state index in [1.165, 1.54) is 0 Å². The second kappa shape index (κ2) is 5.32. The molecule has 0 fully saturated rings. The first-order valence-corrected chi connectivity index (χ1v) is 2.62. The Labute approximate surface area is 47.3 Å². The van der Waals surface area contributed by atoms with Gasteiger partial charge in [0.05, 0.1) is 0 Å². The summed E-state index contributed by atoms with van der Waals surface area (Å²) in [6.45, 7) is 3.42. The molecule has 0 spiro atoms. The lowest BCUT2D eigenvalue weighted by Crippen LogP contribution is -1.39. The summed E-state index contributed by atoms with van der Waals surface area (Å²) in [6.07, 6.45) is 3.35. The summed E-state index contributed by atoms with van der Waals surface area (Å²) >= 11 is 1.09. The van der Waals surface area contributed by atoms with Crippen LogP contribution in [0, 0.1) is 10.7 Å². The van der Waals surface area contributed by atoms with Crippen LogP contribution in [0.3, 0.4) is 0 Å². The van der Waals surface area contributed by atoms with Gasteiger partial charge in [0.1, 0.15) is 5.40 Å². The van der Waals surface area contributed by atoms with Crippen molar-refractivity contribution in [2.75, 3.05) is 0 Å². The maximum Gasteiger partial charge on any atom is 0.137 e. The van der Waals surface area contributed by atoms with Gasteiger partial charge in [-0.2, -0.15) is 5.26 Å². The molecule has 0 aliphatic heterocycles. The highest BCUT2D eigenvalue weighted by Crippen LogP contribution is 1.95. The minimum Gasteiger partial charge on any atom is -0.185 e. The van der Waals surface area contributed by atoms with E-state index in [2.05, 4.69) is 6.58 Å². The van der Waals surface area contributed by atoms with Gasteiger partial charge in [0.25, 0.3) is 0 Å². The van der Waals surface area contributed by atoms with Gasteiger partial charge >= 0.3 is 0 Å². The molecule has 0 aromatic heterocycles. The number of allylic oxidation sites excluding steroid dienone is 2. The minimum atomic E-state index is 1.09. The molecule has 0 saturated heterocycles. The summed E-state index contributed by atoms with van der Waals surface area (Å²) in [5, 5.41) is 11.5. The standard InChI is InChI=1S/C5H5NS/c1-2-3-4-7-5-6/h2-4H,1H2/b4-3+. The zero-order valence-corrected chi connectivity index (χ0v) is 4.61. The van der Waals surface area contributed by atoms with Crippen LogP contribution >= 0.6 is 11.8 Å². The maximum atomic E-state index is 7.92. The molecular formula is C5H5NS. The number of hydrogen-bond donors (Lipinski definition) is 0. The molecule has 0 bridgehead atoms. The highest BCUT2D eigenvalue weighted by molar-refractivity contribution is 8.06. The van der Waals surface area contributed by atoms with E-state index in [-0.39, 0.29) is 0 Å². The lowest BCUT2D eigenvalue weighted by molar-refractivity contribution is 1.57. The lowest BCUT2D eigenvalue weighted by Gasteiger charge is -1.65. The van der Waals surface area contributed by atoms with Crippen molar-refractivity contribution in [1.29, 1.82) is 5.26 Å². The molecule has 0 aromatic carbocycles. The van der Waals surface area contributed by atoms with Crippen molar-refractivity contribution < 1.29 is 0 Å². The van der Waals surface area contributed by atoms with Gasteiger partial charge in [0.2, 0.25) is 0 Å². The van der Waals surface area contributed by atoms with Crippen LogP contribution in [0.1, 0.15) is 0 Å². The maximum absolute atomic E-state index is 7.92. The summed E-state index contributed by atoms with van der Waals surface area (Å²) < 4.78 is 0. The van der Waals surface area contributed by atoms with Crippen LogP contribution in [0.5, 0.6) is 0 Å². The fourth-order valence-corrected chi connectivity index (χ4v) is 0.376. The van der Waals surface area contributed by atoms with Gasteiger partial charge < -0.3 is 0 Å². The van der Waals surface area contributed by atoms with Crippen LogP contribution in [0.25, 0.3) is 0 Å². The molecule has 7 heavy (non-hydrogen) atoms. The van der Waals surface area contributed by atoms with E-state index >= 15 is 0 Å². The summed E-state index contributed by atoms with van der Waals surface area (Å²) in [6, 6.07) is 0. The number of rotatable bonds is 2. The van der Waals surface area contributed by atoms with Gasteiger partial charge in [-0.3, -0.25) is 0 Å². The summed E-state index contributed by atoms with van der Waals surface area (Å²) in [4.78, 5) is 0. The van der Waals surface area contributed by atoms with Crippen molar-refractivity contribution in [3.63, 3.8) is 0 Å². The second-order valence-corrected chi connectivity index (χ2v) is 1.46. The Bertz CT molecular complexity index is 110. The Morgan fingerprint density at radius 1 is 1.71 bits per heavy atom. The van der Waals surface area contributed by atoms with Crippen molar-refractivity contribution in [3.8, 4) is 5.40 Å². The van der Waals surface area contributed by atoms with E-state index in [9.17, 15) is 0 Å². The van der Waals surface area contributed by atoms with Gasteiger partial charge in [-0.1, -0.05) is 18.7 Å². The topological polar surface area (TPSA) is 23.8 Å². The van der Waals surface area contributed by atoms with Crippen LogP contribution in [0.15, 0.2) is 24.1 Å². The van der Waals surface area contributed by atoms with E-state index in [1.54, 1.807) is 17.6 Å². The zero-order chi connectivity index (χ0) is 5.54. The fraction of sp³-hybridized carbons (Fsp3) is 0. The van der Waals surface area contributed by atoms with Crippen LogP contribution in [0.2, 0.25) is 0 Å². The molecule has 0 saturated carbocycles. The summed E-state index contributed by atoms with van der Waals surface area (Å²) in [5.74, 6) is 0. The molecule has 0 aliphatic carbocycles. The number of nitriles is 1. The Kier molecular flexibility index (Phi) is 4.80. The van der Waals surface area contributed by atoms with Crippen LogP contribution < -0.4 is 0 Å². The number of thioether (sulfide) groups is 1. The first kappa shape index (κ1) is 6.32. The third-order valence-corrected chi connectivity index (χ3v) is 0.734. The van der Waals surface area contributed by atoms with Gasteiger partial charge in [0, 0.05) is 0 Å². The fourth-order valence-electron chi connectivity index (χ4n) is 0.125. The normalized spacial score (nSPS) is 8.43. The van der Waals surface area contributed by atoms with Crippen LogP contribution in [0.4, 0.5) is 0 Å². The quantitative estimate of drug-likeness (QED) is 0.401. The number of nitrogens with zero attached hydrogens (tertiary/aromatic N) is 1. The predicted octanol–water partition coefficient (Wildman–Crippen LogP) is 1.90. The molecule has 0 heterocycles. The van der Waals surface area contributed by atoms with Crippen molar-refractivity contribution in [2.24, 2.45) is 0 Å². The third-order valence-electron chi connectivity index (χ3n) is 0.335. The molecule has 0 aliphatic rings. The molecule has 1 nitrogen and oxygen atoms in total. The average Bonchev–Trinajstić information content (AvgIpc) is 1.69. The molecule has 0 rings (SSSR count). The van der Waals surface area contributed by atoms with Gasteiger partial charge in [-0.25, -0.2) is 0 Å². The van der Waals surface area contributed by atoms with Crippen molar-refractivity contribution in [2.45, 2.75) is 0 Å². The van der Waals surface area contributed by atoms with E-state index in [0.29, 0.717) is 0 Å². The van der Waals surface area contributed by atoms with Crippen molar-refractivity contribution in [3.05, 3.63) is 24.1 Å². The molecule has 0 atom stereocenters.